The van der Waals surface area contributed by atoms with E-state index in [0.29, 0.717) is 18.6 Å². The second-order valence-electron chi connectivity index (χ2n) is 6.84. The van der Waals surface area contributed by atoms with Gasteiger partial charge in [-0.1, -0.05) is 6.07 Å². The zero-order chi connectivity index (χ0) is 17.1. The molecule has 4 rings (SSSR count). The third-order valence-electron chi connectivity index (χ3n) is 5.12. The third-order valence-corrected chi connectivity index (χ3v) is 5.12. The van der Waals surface area contributed by atoms with Crippen molar-refractivity contribution in [2.24, 2.45) is 5.92 Å². The average molecular weight is 340 g/mol. The van der Waals surface area contributed by atoms with Gasteiger partial charge in [0.05, 0.1) is 37.7 Å². The van der Waals surface area contributed by atoms with Crippen molar-refractivity contribution in [1.29, 1.82) is 0 Å². The van der Waals surface area contributed by atoms with Gasteiger partial charge >= 0.3 is 0 Å². The van der Waals surface area contributed by atoms with E-state index in [1.165, 1.54) is 0 Å². The quantitative estimate of drug-likeness (QED) is 0.833. The molecule has 1 saturated carbocycles. The van der Waals surface area contributed by atoms with E-state index in [2.05, 4.69) is 26.1 Å². The number of anilines is 1. The van der Waals surface area contributed by atoms with Crippen LogP contribution >= 0.6 is 0 Å². The Bertz CT molecular complexity index is 680. The fraction of sp³-hybridized carbons (Fsp3) is 0.526. The number of ether oxygens (including phenoxy) is 2. The highest BCUT2D eigenvalue weighted by Crippen LogP contribution is 2.36. The molecule has 1 saturated heterocycles. The molecule has 2 aromatic heterocycles. The Morgan fingerprint density at radius 2 is 2.20 bits per heavy atom. The van der Waals surface area contributed by atoms with Crippen molar-refractivity contribution in [3.05, 3.63) is 47.9 Å². The second kappa shape index (κ2) is 7.45. The molecule has 2 aliphatic rings. The topological polar surface area (TPSA) is 60.4 Å². The number of fused-ring (bicyclic) bond motifs is 1. The Labute approximate surface area is 148 Å². The predicted octanol–water partition coefficient (Wildman–Crippen LogP) is 2.38. The lowest BCUT2D eigenvalue weighted by molar-refractivity contribution is -0.0309. The number of hydrogen-bond acceptors (Lipinski definition) is 6. The molecule has 0 radical (unpaired) electrons. The lowest BCUT2D eigenvalue weighted by Gasteiger charge is -2.39. The van der Waals surface area contributed by atoms with Gasteiger partial charge in [-0.3, -0.25) is 4.98 Å². The summed E-state index contributed by atoms with van der Waals surface area (Å²) in [5.41, 5.74) is 2.06. The van der Waals surface area contributed by atoms with Crippen LogP contribution in [0.5, 0.6) is 0 Å². The van der Waals surface area contributed by atoms with Crippen LogP contribution in [0.1, 0.15) is 24.1 Å². The van der Waals surface area contributed by atoms with Gasteiger partial charge in [0.1, 0.15) is 0 Å². The van der Waals surface area contributed by atoms with E-state index >= 15 is 0 Å². The molecule has 0 aromatic carbocycles. The molecule has 2 fully saturated rings. The van der Waals surface area contributed by atoms with E-state index in [9.17, 15) is 0 Å². The maximum absolute atomic E-state index is 6.11. The summed E-state index contributed by atoms with van der Waals surface area (Å²) in [6.07, 6.45) is 6.08. The molecule has 132 valence electrons. The van der Waals surface area contributed by atoms with Crippen molar-refractivity contribution >= 4 is 5.82 Å². The van der Waals surface area contributed by atoms with E-state index in [-0.39, 0.29) is 6.10 Å². The standard InChI is InChI=1S/C19H24N4O2/c1-14-4-7-18(22-21-14)23-9-10-25-19-16(5-6-17(19)23)13-24-12-15-3-2-8-20-11-15/h2-4,7-8,11,16-17,19H,5-6,9-10,12-13H2,1H3/t16?,17-,19-/m0/s1. The van der Waals surface area contributed by atoms with Crippen molar-refractivity contribution in [2.75, 3.05) is 24.7 Å². The summed E-state index contributed by atoms with van der Waals surface area (Å²) in [6.45, 7) is 4.90. The minimum absolute atomic E-state index is 0.214. The molecule has 1 aliphatic carbocycles. The zero-order valence-electron chi connectivity index (χ0n) is 14.5. The maximum Gasteiger partial charge on any atom is 0.151 e. The minimum Gasteiger partial charge on any atom is -0.376 e. The van der Waals surface area contributed by atoms with Crippen molar-refractivity contribution in [2.45, 2.75) is 38.5 Å². The SMILES string of the molecule is Cc1ccc(N2CCO[C@H]3C(COCc4cccnc4)CC[C@@H]32)nn1. The lowest BCUT2D eigenvalue weighted by atomic mass is 10.0. The van der Waals surface area contributed by atoms with Crippen molar-refractivity contribution in [3.63, 3.8) is 0 Å². The van der Waals surface area contributed by atoms with Gasteiger partial charge in [0.25, 0.3) is 0 Å². The lowest BCUT2D eigenvalue weighted by Crippen LogP contribution is -2.51. The first-order chi connectivity index (χ1) is 12.3. The van der Waals surface area contributed by atoms with Crippen LogP contribution in [0.15, 0.2) is 36.7 Å². The molecule has 0 N–H and O–H groups in total. The number of nitrogens with zero attached hydrogens (tertiary/aromatic N) is 4. The molecule has 0 bridgehead atoms. The Morgan fingerprint density at radius 1 is 1.24 bits per heavy atom. The third kappa shape index (κ3) is 3.65. The van der Waals surface area contributed by atoms with Gasteiger partial charge in [-0.05, 0) is 43.5 Å². The second-order valence-corrected chi connectivity index (χ2v) is 6.84. The summed E-state index contributed by atoms with van der Waals surface area (Å²) in [5, 5.41) is 8.58. The van der Waals surface area contributed by atoms with Crippen LogP contribution in [0.3, 0.4) is 0 Å². The van der Waals surface area contributed by atoms with Gasteiger partial charge in [0, 0.05) is 24.9 Å². The number of morpholine rings is 1. The first-order valence-electron chi connectivity index (χ1n) is 8.96. The van der Waals surface area contributed by atoms with Gasteiger partial charge in [0.15, 0.2) is 5.82 Å². The summed E-state index contributed by atoms with van der Waals surface area (Å²) in [4.78, 5) is 6.49. The van der Waals surface area contributed by atoms with Crippen LogP contribution in [-0.2, 0) is 16.1 Å². The highest BCUT2D eigenvalue weighted by molar-refractivity contribution is 5.40. The van der Waals surface area contributed by atoms with E-state index in [1.54, 1.807) is 6.20 Å². The normalized spacial score (nSPS) is 25.8. The Morgan fingerprint density at radius 3 is 3.00 bits per heavy atom. The fourth-order valence-corrected chi connectivity index (χ4v) is 3.88. The minimum atomic E-state index is 0.214. The molecular formula is C19H24N4O2. The number of aromatic nitrogens is 3. The monoisotopic (exact) mass is 340 g/mol. The van der Waals surface area contributed by atoms with Crippen molar-refractivity contribution in [3.8, 4) is 0 Å². The molecule has 2 aromatic rings. The average Bonchev–Trinajstić information content (AvgIpc) is 3.07. The van der Waals surface area contributed by atoms with Crippen molar-refractivity contribution < 1.29 is 9.47 Å². The summed E-state index contributed by atoms with van der Waals surface area (Å²) in [7, 11) is 0. The first-order valence-corrected chi connectivity index (χ1v) is 8.96. The van der Waals surface area contributed by atoms with Crippen molar-refractivity contribution in [1.82, 2.24) is 15.2 Å². The number of pyridine rings is 1. The van der Waals surface area contributed by atoms with E-state index in [1.807, 2.05) is 31.3 Å². The van der Waals surface area contributed by atoms with Gasteiger partial charge in [-0.25, -0.2) is 0 Å². The largest absolute Gasteiger partial charge is 0.376 e. The fourth-order valence-electron chi connectivity index (χ4n) is 3.88. The smallest absolute Gasteiger partial charge is 0.151 e. The highest BCUT2D eigenvalue weighted by atomic mass is 16.5. The molecule has 6 nitrogen and oxygen atoms in total. The maximum atomic E-state index is 6.11. The molecule has 25 heavy (non-hydrogen) atoms. The summed E-state index contributed by atoms with van der Waals surface area (Å²) in [5.74, 6) is 1.39. The zero-order valence-corrected chi connectivity index (χ0v) is 14.5. The van der Waals surface area contributed by atoms with Crippen LogP contribution < -0.4 is 4.90 Å². The van der Waals surface area contributed by atoms with Gasteiger partial charge in [-0.15, -0.1) is 5.10 Å². The Balaban J connectivity index is 1.36. The van der Waals surface area contributed by atoms with Gasteiger partial charge < -0.3 is 14.4 Å². The Kier molecular flexibility index (Phi) is 4.90. The van der Waals surface area contributed by atoms with E-state index in [4.69, 9.17) is 9.47 Å². The predicted molar refractivity (Wildman–Crippen MR) is 94.3 cm³/mol. The molecule has 1 unspecified atom stereocenters. The van der Waals surface area contributed by atoms with E-state index < -0.39 is 0 Å². The van der Waals surface area contributed by atoms with E-state index in [0.717, 1.165) is 49.7 Å². The molecule has 0 amide bonds. The molecule has 1 aliphatic heterocycles. The van der Waals surface area contributed by atoms with Crippen LogP contribution in [0.4, 0.5) is 5.82 Å². The van der Waals surface area contributed by atoms with Crippen LogP contribution in [0, 0.1) is 12.8 Å². The van der Waals surface area contributed by atoms with Crippen LogP contribution in [0.2, 0.25) is 0 Å². The van der Waals surface area contributed by atoms with Gasteiger partial charge in [-0.2, -0.15) is 5.10 Å². The molecule has 3 heterocycles. The first kappa shape index (κ1) is 16.4. The summed E-state index contributed by atoms with van der Waals surface area (Å²) >= 11 is 0. The van der Waals surface area contributed by atoms with Crippen LogP contribution in [-0.4, -0.2) is 47.1 Å². The molecular weight excluding hydrogens is 316 g/mol. The van der Waals surface area contributed by atoms with Gasteiger partial charge in [0.2, 0.25) is 0 Å². The number of hydrogen-bond donors (Lipinski definition) is 0. The Hall–Kier alpha value is -2.05. The number of rotatable bonds is 5. The summed E-state index contributed by atoms with van der Waals surface area (Å²) < 4.78 is 12.1. The molecule has 3 atom stereocenters. The van der Waals surface area contributed by atoms with Crippen LogP contribution in [0.25, 0.3) is 0 Å². The summed E-state index contributed by atoms with van der Waals surface area (Å²) in [6, 6.07) is 8.44. The highest BCUT2D eigenvalue weighted by Gasteiger charge is 2.43. The molecule has 0 spiro atoms. The number of aryl methyl sites for hydroxylation is 1. The molecule has 6 heteroatoms.